The van der Waals surface area contributed by atoms with Crippen molar-refractivity contribution in [1.82, 2.24) is 9.80 Å². The first-order valence-corrected chi connectivity index (χ1v) is 19.9. The van der Waals surface area contributed by atoms with Crippen LogP contribution < -0.4 is 14.7 Å². The van der Waals surface area contributed by atoms with Gasteiger partial charge in [0.15, 0.2) is 0 Å². The molecule has 3 heterocycles. The van der Waals surface area contributed by atoms with Crippen LogP contribution in [0.5, 0.6) is 0 Å². The predicted molar refractivity (Wildman–Crippen MR) is 208 cm³/mol. The summed E-state index contributed by atoms with van der Waals surface area (Å²) in [6, 6.07) is 32.6. The van der Waals surface area contributed by atoms with Crippen LogP contribution in [0.15, 0.2) is 110 Å². The molecule has 0 N–H and O–H groups in total. The van der Waals surface area contributed by atoms with Crippen LogP contribution in [0.4, 0.5) is 22.7 Å². The molecule has 3 aliphatic heterocycles. The van der Waals surface area contributed by atoms with Crippen molar-refractivity contribution in [3.63, 3.8) is 0 Å². The van der Waals surface area contributed by atoms with Gasteiger partial charge in [0.2, 0.25) is 0 Å². The molecular formula is C44H49N5Pt. The third kappa shape index (κ3) is 5.07. The molecular weight excluding hydrogens is 794 g/mol. The van der Waals surface area contributed by atoms with E-state index in [9.17, 15) is 0 Å². The summed E-state index contributed by atoms with van der Waals surface area (Å²) in [6.07, 6.45) is 8.88. The summed E-state index contributed by atoms with van der Waals surface area (Å²) in [6.45, 7) is 19.1. The average Bonchev–Trinajstić information content (AvgIpc) is 3.62. The molecule has 50 heavy (non-hydrogen) atoms. The van der Waals surface area contributed by atoms with E-state index in [2.05, 4.69) is 204 Å². The monoisotopic (exact) mass is 842 g/mol. The maximum absolute atomic E-state index is 2.66. The summed E-state index contributed by atoms with van der Waals surface area (Å²) in [5.41, 5.74) is 13.0. The van der Waals surface area contributed by atoms with Gasteiger partial charge in [0.05, 0.1) is 0 Å². The van der Waals surface area contributed by atoms with E-state index in [0.717, 1.165) is 0 Å². The Morgan fingerprint density at radius 3 is 1.36 bits per heavy atom. The summed E-state index contributed by atoms with van der Waals surface area (Å²) in [5.74, 6) is 0. The van der Waals surface area contributed by atoms with Crippen LogP contribution in [-0.4, -0.2) is 32.2 Å². The van der Waals surface area contributed by atoms with E-state index in [1.807, 2.05) is 0 Å². The van der Waals surface area contributed by atoms with E-state index in [4.69, 9.17) is 0 Å². The van der Waals surface area contributed by atoms with Crippen molar-refractivity contribution >= 4 is 31.0 Å². The van der Waals surface area contributed by atoms with Gasteiger partial charge in [-0.05, 0) is 0 Å². The summed E-state index contributed by atoms with van der Waals surface area (Å²) in [7, 11) is 4.36. The molecule has 5 nitrogen and oxygen atoms in total. The normalized spacial score (nSPS) is 18.3. The molecule has 1 aliphatic carbocycles. The molecule has 0 saturated carbocycles. The predicted octanol–water partition coefficient (Wildman–Crippen LogP) is 9.57. The molecule has 0 saturated heterocycles. The Hall–Kier alpha value is -4.21. The fourth-order valence-electron chi connectivity index (χ4n) is 8.22. The number of rotatable bonds is 1. The first kappa shape index (κ1) is 33.0. The summed E-state index contributed by atoms with van der Waals surface area (Å²) in [5, 5.41) is 0. The summed E-state index contributed by atoms with van der Waals surface area (Å²) < 4.78 is 2.67. The zero-order valence-corrected chi connectivity index (χ0v) is 33.3. The van der Waals surface area contributed by atoms with Crippen molar-refractivity contribution in [2.75, 3.05) is 28.8 Å². The first-order chi connectivity index (χ1) is 23.7. The summed E-state index contributed by atoms with van der Waals surface area (Å²) >= 11 is -0.541. The van der Waals surface area contributed by atoms with E-state index < -0.39 is 17.6 Å². The first-order valence-electron chi connectivity index (χ1n) is 17.7. The van der Waals surface area contributed by atoms with Crippen LogP contribution in [-0.2, 0) is 33.9 Å². The third-order valence-corrected chi connectivity index (χ3v) is 14.4. The Labute approximate surface area is 306 Å². The molecule has 0 amide bonds. The van der Waals surface area contributed by atoms with Crippen LogP contribution in [0, 0.1) is 0 Å². The Morgan fingerprint density at radius 1 is 0.540 bits per heavy atom. The minimum atomic E-state index is -0.541. The molecule has 0 radical (unpaired) electrons. The SMILES string of the molecule is CN1C=CN2[C]1=[Pt]=[C]1N(C)C=CN1c1cccc(c1)N(C1c3c(C(C)(C)C)cccc3C(C)(C)c3cccc(C(C)(C)C)c31)c1cccc2c1. The van der Waals surface area contributed by atoms with E-state index in [1.165, 1.54) is 64.4 Å². The third-order valence-electron chi connectivity index (χ3n) is 10.7. The number of hydrogen-bond acceptors (Lipinski definition) is 5. The quantitative estimate of drug-likeness (QED) is 0.189. The van der Waals surface area contributed by atoms with Gasteiger partial charge in [-0.25, -0.2) is 0 Å². The molecule has 6 heteroatoms. The van der Waals surface area contributed by atoms with Crippen molar-refractivity contribution in [2.45, 2.75) is 77.7 Å². The van der Waals surface area contributed by atoms with Crippen molar-refractivity contribution in [1.29, 1.82) is 0 Å². The molecule has 4 aromatic carbocycles. The van der Waals surface area contributed by atoms with E-state index in [-0.39, 0.29) is 22.3 Å². The Bertz CT molecular complexity index is 2020. The molecule has 260 valence electrons. The van der Waals surface area contributed by atoms with Crippen LogP contribution in [0.25, 0.3) is 0 Å². The fraction of sp³-hybridized carbons (Fsp3) is 0.318. The minimum absolute atomic E-state index is 0.0553. The zero-order valence-electron chi connectivity index (χ0n) is 31.0. The second-order valence-corrected chi connectivity index (χ2v) is 19.2. The number of hydrogen-bond donors (Lipinski definition) is 0. The van der Waals surface area contributed by atoms with Crippen molar-refractivity contribution < 1.29 is 17.6 Å². The van der Waals surface area contributed by atoms with Gasteiger partial charge in [-0.15, -0.1) is 0 Å². The van der Waals surface area contributed by atoms with E-state index in [0.29, 0.717) is 0 Å². The van der Waals surface area contributed by atoms with Gasteiger partial charge in [-0.1, -0.05) is 0 Å². The molecule has 0 aromatic heterocycles. The summed E-state index contributed by atoms with van der Waals surface area (Å²) in [4.78, 5) is 12.1. The standard InChI is InChI=1S/C44H49N5.Pt/c1-42(2,3)35-19-13-21-37-39(35)41(40-36(43(4,5)6)20-14-22-38(40)44(37,7)8)49(33-17-11-15-31(27-33)47-25-23-45(9)29-47)34-18-12-16-32(28-34)48-26-24-46(10)30-48;/h11-28,41H,1-10H3;. The Kier molecular flexibility index (Phi) is 7.52. The van der Waals surface area contributed by atoms with E-state index in [1.54, 1.807) is 0 Å². The second-order valence-electron chi connectivity index (χ2n) is 16.6. The van der Waals surface area contributed by atoms with Crippen LogP contribution >= 0.6 is 0 Å². The Morgan fingerprint density at radius 2 is 0.940 bits per heavy atom. The molecule has 0 fully saturated rings. The van der Waals surface area contributed by atoms with Gasteiger partial charge in [0.1, 0.15) is 0 Å². The van der Waals surface area contributed by atoms with Crippen LogP contribution in [0.3, 0.4) is 0 Å². The molecule has 4 aliphatic rings. The van der Waals surface area contributed by atoms with Gasteiger partial charge in [0, 0.05) is 0 Å². The average molecular weight is 843 g/mol. The van der Waals surface area contributed by atoms with Crippen molar-refractivity contribution in [2.24, 2.45) is 0 Å². The maximum atomic E-state index is 2.66. The molecule has 8 rings (SSSR count). The zero-order chi connectivity index (χ0) is 35.3. The number of fused-ring (bicyclic) bond motifs is 10. The van der Waals surface area contributed by atoms with Gasteiger partial charge >= 0.3 is 308 Å². The molecule has 4 aromatic rings. The van der Waals surface area contributed by atoms with E-state index >= 15 is 0 Å². The van der Waals surface area contributed by atoms with Crippen LogP contribution in [0.1, 0.15) is 94.8 Å². The van der Waals surface area contributed by atoms with Gasteiger partial charge < -0.3 is 0 Å². The number of benzene rings is 4. The van der Waals surface area contributed by atoms with Gasteiger partial charge in [-0.3, -0.25) is 0 Å². The number of anilines is 4. The topological polar surface area (TPSA) is 16.2 Å². The Balaban J connectivity index is 1.51. The van der Waals surface area contributed by atoms with Gasteiger partial charge in [0.25, 0.3) is 0 Å². The fourth-order valence-corrected chi connectivity index (χ4v) is 11.3. The van der Waals surface area contributed by atoms with Crippen molar-refractivity contribution in [3.05, 3.63) is 143 Å². The molecule has 4 bridgehead atoms. The second kappa shape index (κ2) is 11.4. The number of nitrogens with zero attached hydrogens (tertiary/aromatic N) is 5. The van der Waals surface area contributed by atoms with Crippen LogP contribution in [0.2, 0.25) is 0 Å². The molecule has 0 unspecified atom stereocenters. The molecule has 0 atom stereocenters. The van der Waals surface area contributed by atoms with Gasteiger partial charge in [-0.2, -0.15) is 0 Å². The molecule has 0 spiro atoms. The van der Waals surface area contributed by atoms with Crippen molar-refractivity contribution in [3.8, 4) is 0 Å².